The number of fused-ring (bicyclic) bond motifs is 3. The van der Waals surface area contributed by atoms with Crippen LogP contribution in [-0.4, -0.2) is 26.1 Å². The number of H-pyrrole nitrogens is 1. The molecule has 0 atom stereocenters. The molecule has 0 unspecified atom stereocenters. The maximum absolute atomic E-state index is 11.1. The zero-order chi connectivity index (χ0) is 11.1. The van der Waals surface area contributed by atoms with Gasteiger partial charge in [0.1, 0.15) is 23.1 Å². The number of nitrogens with two attached hydrogens (primary N) is 1. The number of nitrogens with one attached hydrogen (secondary N) is 1. The van der Waals surface area contributed by atoms with Gasteiger partial charge in [-0.2, -0.15) is 5.10 Å². The minimum atomic E-state index is -0.532. The second kappa shape index (κ2) is 2.99. The van der Waals surface area contributed by atoms with Crippen LogP contribution >= 0.6 is 0 Å². The summed E-state index contributed by atoms with van der Waals surface area (Å²) in [7, 11) is 0. The Labute approximate surface area is 89.5 Å². The first kappa shape index (κ1) is 8.78. The molecule has 0 bridgehead atoms. The van der Waals surface area contributed by atoms with Crippen LogP contribution in [0.1, 0.15) is 10.5 Å². The van der Waals surface area contributed by atoms with E-state index < -0.39 is 5.91 Å². The van der Waals surface area contributed by atoms with Gasteiger partial charge in [0.25, 0.3) is 5.91 Å². The number of nitrogens with zero attached hydrogens (tertiary/aromatic N) is 3. The largest absolute Gasteiger partial charge is 0.364 e. The smallest absolute Gasteiger partial charge is 0.267 e. The number of carbonyl (C=O) groups excluding carboxylic acids is 1. The Bertz CT molecular complexity index is 703. The standard InChI is InChI=1S/C10H7N5O/c11-10(16)9-6-2-1-5-3-12-4-13-7(5)8(6)14-15-9/h1-4H,(H2,11,16)(H,14,15). The second-order valence-corrected chi connectivity index (χ2v) is 3.39. The molecule has 6 nitrogen and oxygen atoms in total. The summed E-state index contributed by atoms with van der Waals surface area (Å²) >= 11 is 0. The molecule has 0 aliphatic carbocycles. The predicted octanol–water partition coefficient (Wildman–Crippen LogP) is 0.605. The summed E-state index contributed by atoms with van der Waals surface area (Å²) in [6.45, 7) is 0. The van der Waals surface area contributed by atoms with E-state index in [1.165, 1.54) is 6.33 Å². The fourth-order valence-corrected chi connectivity index (χ4v) is 1.71. The fourth-order valence-electron chi connectivity index (χ4n) is 1.71. The number of hydrogen-bond donors (Lipinski definition) is 2. The molecule has 0 spiro atoms. The van der Waals surface area contributed by atoms with E-state index in [1.807, 2.05) is 6.07 Å². The van der Waals surface area contributed by atoms with E-state index >= 15 is 0 Å². The van der Waals surface area contributed by atoms with E-state index in [-0.39, 0.29) is 0 Å². The highest BCUT2D eigenvalue weighted by Crippen LogP contribution is 2.22. The lowest BCUT2D eigenvalue weighted by molar-refractivity contribution is 0.0997. The Morgan fingerprint density at radius 1 is 1.31 bits per heavy atom. The quantitative estimate of drug-likeness (QED) is 0.618. The van der Waals surface area contributed by atoms with Crippen molar-refractivity contribution in [2.75, 3.05) is 0 Å². The highest BCUT2D eigenvalue weighted by molar-refractivity contribution is 6.11. The van der Waals surface area contributed by atoms with Crippen molar-refractivity contribution < 1.29 is 4.79 Å². The Morgan fingerprint density at radius 3 is 3.00 bits per heavy atom. The molecule has 0 radical (unpaired) electrons. The van der Waals surface area contributed by atoms with E-state index in [0.29, 0.717) is 22.1 Å². The second-order valence-electron chi connectivity index (χ2n) is 3.39. The molecule has 0 aliphatic heterocycles. The van der Waals surface area contributed by atoms with Crippen LogP contribution in [0.2, 0.25) is 0 Å². The SMILES string of the molecule is NC(=O)c1[nH]nc2c1ccc1cncnc12. The number of rotatable bonds is 1. The first-order valence-electron chi connectivity index (χ1n) is 4.64. The predicted molar refractivity (Wildman–Crippen MR) is 57.7 cm³/mol. The minimum Gasteiger partial charge on any atom is -0.364 e. The fraction of sp³-hybridized carbons (Fsp3) is 0. The van der Waals surface area contributed by atoms with Gasteiger partial charge in [0.2, 0.25) is 0 Å². The molecule has 2 aromatic heterocycles. The van der Waals surface area contributed by atoms with Crippen LogP contribution in [0, 0.1) is 0 Å². The summed E-state index contributed by atoms with van der Waals surface area (Å²) in [6.07, 6.45) is 3.14. The topological polar surface area (TPSA) is 97.6 Å². The number of hydrogen-bond acceptors (Lipinski definition) is 4. The minimum absolute atomic E-state index is 0.301. The van der Waals surface area contributed by atoms with Crippen LogP contribution in [-0.2, 0) is 0 Å². The van der Waals surface area contributed by atoms with Gasteiger partial charge in [0, 0.05) is 17.0 Å². The van der Waals surface area contributed by atoms with E-state index in [4.69, 9.17) is 5.73 Å². The number of primary amides is 1. The third-order valence-corrected chi connectivity index (χ3v) is 2.44. The summed E-state index contributed by atoms with van der Waals surface area (Å²) in [5, 5.41) is 8.22. The van der Waals surface area contributed by atoms with Crippen molar-refractivity contribution in [1.29, 1.82) is 0 Å². The molecular formula is C10H7N5O. The van der Waals surface area contributed by atoms with E-state index in [1.54, 1.807) is 12.3 Å². The van der Waals surface area contributed by atoms with Crippen molar-refractivity contribution >= 4 is 27.7 Å². The van der Waals surface area contributed by atoms with Crippen molar-refractivity contribution in [3.63, 3.8) is 0 Å². The Morgan fingerprint density at radius 2 is 2.19 bits per heavy atom. The summed E-state index contributed by atoms with van der Waals surface area (Å²) in [4.78, 5) is 19.2. The number of aromatic nitrogens is 4. The van der Waals surface area contributed by atoms with Crippen LogP contribution in [0.4, 0.5) is 0 Å². The maximum atomic E-state index is 11.1. The van der Waals surface area contributed by atoms with Gasteiger partial charge in [-0.3, -0.25) is 9.89 Å². The molecular weight excluding hydrogens is 206 g/mol. The van der Waals surface area contributed by atoms with Crippen molar-refractivity contribution in [1.82, 2.24) is 20.2 Å². The molecule has 0 saturated carbocycles. The summed E-state index contributed by atoms with van der Waals surface area (Å²) in [6, 6.07) is 3.62. The summed E-state index contributed by atoms with van der Waals surface area (Å²) in [5.74, 6) is -0.532. The average molecular weight is 213 g/mol. The molecule has 0 saturated heterocycles. The van der Waals surface area contributed by atoms with Crippen molar-refractivity contribution in [2.24, 2.45) is 5.73 Å². The lowest BCUT2D eigenvalue weighted by Crippen LogP contribution is -2.11. The highest BCUT2D eigenvalue weighted by Gasteiger charge is 2.12. The van der Waals surface area contributed by atoms with Gasteiger partial charge < -0.3 is 5.73 Å². The first-order valence-corrected chi connectivity index (χ1v) is 4.64. The van der Waals surface area contributed by atoms with E-state index in [0.717, 1.165) is 5.39 Å². The van der Waals surface area contributed by atoms with Crippen LogP contribution in [0.5, 0.6) is 0 Å². The highest BCUT2D eigenvalue weighted by atomic mass is 16.1. The molecule has 78 valence electrons. The summed E-state index contributed by atoms with van der Waals surface area (Å²) in [5.41, 5.74) is 6.86. The molecule has 6 heteroatoms. The number of benzene rings is 1. The van der Waals surface area contributed by atoms with Gasteiger partial charge in [0.05, 0.1) is 0 Å². The Kier molecular flexibility index (Phi) is 1.64. The number of amides is 1. The molecule has 3 aromatic rings. The van der Waals surface area contributed by atoms with E-state index in [2.05, 4.69) is 20.2 Å². The van der Waals surface area contributed by atoms with E-state index in [9.17, 15) is 4.79 Å². The van der Waals surface area contributed by atoms with Crippen molar-refractivity contribution in [3.05, 3.63) is 30.4 Å². The Hall–Kier alpha value is -2.50. The van der Waals surface area contributed by atoms with Crippen LogP contribution in [0.15, 0.2) is 24.7 Å². The number of aromatic amines is 1. The van der Waals surface area contributed by atoms with Gasteiger partial charge >= 0.3 is 0 Å². The maximum Gasteiger partial charge on any atom is 0.267 e. The molecule has 3 rings (SSSR count). The van der Waals surface area contributed by atoms with Crippen molar-refractivity contribution in [3.8, 4) is 0 Å². The normalized spacial score (nSPS) is 11.0. The van der Waals surface area contributed by atoms with Gasteiger partial charge in [-0.1, -0.05) is 6.07 Å². The van der Waals surface area contributed by atoms with Crippen LogP contribution in [0.25, 0.3) is 21.8 Å². The van der Waals surface area contributed by atoms with Gasteiger partial charge in [0.15, 0.2) is 0 Å². The molecule has 0 aliphatic rings. The third-order valence-electron chi connectivity index (χ3n) is 2.44. The molecule has 3 N–H and O–H groups in total. The zero-order valence-electron chi connectivity index (χ0n) is 8.14. The van der Waals surface area contributed by atoms with Gasteiger partial charge in [-0.25, -0.2) is 9.97 Å². The van der Waals surface area contributed by atoms with Crippen LogP contribution in [0.3, 0.4) is 0 Å². The van der Waals surface area contributed by atoms with Crippen molar-refractivity contribution in [2.45, 2.75) is 0 Å². The van der Waals surface area contributed by atoms with Gasteiger partial charge in [-0.15, -0.1) is 0 Å². The zero-order valence-corrected chi connectivity index (χ0v) is 8.14. The van der Waals surface area contributed by atoms with Gasteiger partial charge in [-0.05, 0) is 6.07 Å². The molecule has 2 heterocycles. The number of carbonyl (C=O) groups is 1. The molecule has 0 fully saturated rings. The van der Waals surface area contributed by atoms with Crippen LogP contribution < -0.4 is 5.73 Å². The lowest BCUT2D eigenvalue weighted by Gasteiger charge is -1.96. The molecule has 16 heavy (non-hydrogen) atoms. The average Bonchev–Trinajstić information content (AvgIpc) is 2.73. The monoisotopic (exact) mass is 213 g/mol. The molecule has 1 amide bonds. The third kappa shape index (κ3) is 1.07. The Balaban J connectivity index is 2.49. The summed E-state index contributed by atoms with van der Waals surface area (Å²) < 4.78 is 0. The first-order chi connectivity index (χ1) is 7.77. The lowest BCUT2D eigenvalue weighted by atomic mass is 10.1. The molecule has 1 aromatic carbocycles.